The van der Waals surface area contributed by atoms with Crippen LogP contribution in [0.25, 0.3) is 0 Å². The number of rotatable bonds is 1. The Morgan fingerprint density at radius 3 is 2.67 bits per heavy atom. The quantitative estimate of drug-likeness (QED) is 0.717. The molecule has 12 heavy (non-hydrogen) atoms. The highest BCUT2D eigenvalue weighted by atomic mass is 35.5. The Kier molecular flexibility index (Phi) is 2.33. The van der Waals surface area contributed by atoms with E-state index in [9.17, 15) is 9.18 Å². The Balaban J connectivity index is 3.37. The molecule has 0 aromatic heterocycles. The lowest BCUT2D eigenvalue weighted by atomic mass is 10.1. The smallest absolute Gasteiger partial charge is 0.250 e. The number of amides is 1. The Bertz CT molecular complexity index is 338. The molecule has 1 rings (SSSR count). The molecule has 0 spiro atoms. The molecule has 0 atom stereocenters. The van der Waals surface area contributed by atoms with E-state index >= 15 is 0 Å². The second-order valence-electron chi connectivity index (χ2n) is 2.47. The molecule has 1 aromatic carbocycles. The fourth-order valence-corrected chi connectivity index (χ4v) is 1.11. The number of primary amides is 1. The molecule has 1 aromatic rings. The Hall–Kier alpha value is -1.09. The van der Waals surface area contributed by atoms with Gasteiger partial charge >= 0.3 is 0 Å². The first-order valence-corrected chi connectivity index (χ1v) is 3.65. The minimum atomic E-state index is -0.720. The van der Waals surface area contributed by atoms with Gasteiger partial charge in [0.2, 0.25) is 5.91 Å². The normalized spacial score (nSPS) is 9.92. The first-order valence-electron chi connectivity index (χ1n) is 3.28. The number of hydrogen-bond donors (Lipinski definition) is 1. The van der Waals surface area contributed by atoms with Crippen molar-refractivity contribution >= 4 is 17.5 Å². The van der Waals surface area contributed by atoms with Gasteiger partial charge in [-0.1, -0.05) is 11.6 Å². The summed E-state index contributed by atoms with van der Waals surface area (Å²) in [5, 5.41) is -0.215. The number of carbonyl (C=O) groups is 1. The number of halogens is 2. The molecule has 2 N–H and O–H groups in total. The first-order chi connectivity index (χ1) is 5.52. The number of nitrogens with two attached hydrogens (primary N) is 1. The molecule has 1 amide bonds. The fraction of sp³-hybridized carbons (Fsp3) is 0.125. The minimum Gasteiger partial charge on any atom is -0.366 e. The van der Waals surface area contributed by atoms with Crippen molar-refractivity contribution in [3.8, 4) is 0 Å². The number of carbonyl (C=O) groups excluding carboxylic acids is 1. The minimum absolute atomic E-state index is 0.0224. The zero-order valence-corrected chi connectivity index (χ0v) is 7.15. The van der Waals surface area contributed by atoms with E-state index in [1.165, 1.54) is 12.1 Å². The molecule has 0 saturated carbocycles. The second-order valence-corrected chi connectivity index (χ2v) is 2.85. The molecule has 64 valence electrons. The third-order valence-electron chi connectivity index (χ3n) is 1.44. The molecular weight excluding hydrogens is 181 g/mol. The van der Waals surface area contributed by atoms with Crippen molar-refractivity contribution in [1.82, 2.24) is 0 Å². The third-order valence-corrected chi connectivity index (χ3v) is 1.82. The van der Waals surface area contributed by atoms with E-state index in [4.69, 9.17) is 17.3 Å². The summed E-state index contributed by atoms with van der Waals surface area (Å²) in [5.41, 5.74) is 5.60. The summed E-state index contributed by atoms with van der Waals surface area (Å²) in [7, 11) is 0. The molecule has 0 unspecified atom stereocenters. The van der Waals surface area contributed by atoms with Gasteiger partial charge in [0, 0.05) is 0 Å². The highest BCUT2D eigenvalue weighted by molar-refractivity contribution is 6.33. The maximum absolute atomic E-state index is 12.9. The molecule has 2 nitrogen and oxygen atoms in total. The Labute approximate surface area is 74.1 Å². The summed E-state index contributed by atoms with van der Waals surface area (Å²) >= 11 is 5.48. The number of benzene rings is 1. The van der Waals surface area contributed by atoms with Crippen molar-refractivity contribution in [1.29, 1.82) is 0 Å². The van der Waals surface area contributed by atoms with E-state index in [0.29, 0.717) is 5.56 Å². The second kappa shape index (κ2) is 3.11. The van der Waals surface area contributed by atoms with E-state index in [-0.39, 0.29) is 10.6 Å². The highest BCUT2D eigenvalue weighted by Gasteiger charge is 2.11. The van der Waals surface area contributed by atoms with Gasteiger partial charge in [0.05, 0.1) is 10.6 Å². The lowest BCUT2D eigenvalue weighted by Gasteiger charge is -2.01. The Morgan fingerprint density at radius 1 is 1.58 bits per heavy atom. The summed E-state index contributed by atoms with van der Waals surface area (Å²) < 4.78 is 12.9. The topological polar surface area (TPSA) is 43.1 Å². The summed E-state index contributed by atoms with van der Waals surface area (Å²) in [4.78, 5) is 10.7. The largest absolute Gasteiger partial charge is 0.366 e. The SMILES string of the molecule is Cc1cc(F)c(Cl)c(C(N)=O)c1. The van der Waals surface area contributed by atoms with Gasteiger partial charge in [0.1, 0.15) is 5.82 Å². The van der Waals surface area contributed by atoms with E-state index in [2.05, 4.69) is 0 Å². The zero-order valence-electron chi connectivity index (χ0n) is 6.40. The summed E-state index contributed by atoms with van der Waals surface area (Å²) in [6.45, 7) is 1.66. The van der Waals surface area contributed by atoms with Gasteiger partial charge in [-0.15, -0.1) is 0 Å². The van der Waals surface area contributed by atoms with Crippen LogP contribution in [-0.2, 0) is 0 Å². The molecule has 0 bridgehead atoms. The average molecular weight is 188 g/mol. The predicted molar refractivity (Wildman–Crippen MR) is 44.7 cm³/mol. The van der Waals surface area contributed by atoms with Crippen molar-refractivity contribution in [2.24, 2.45) is 5.73 Å². The van der Waals surface area contributed by atoms with Crippen molar-refractivity contribution in [2.45, 2.75) is 6.92 Å². The van der Waals surface area contributed by atoms with E-state index in [0.717, 1.165) is 0 Å². The standard InChI is InChI=1S/C8H7ClFNO/c1-4-2-5(8(11)12)7(9)6(10)3-4/h2-3H,1H3,(H2,11,12). The van der Waals surface area contributed by atoms with E-state index in [1.54, 1.807) is 6.92 Å². The number of aryl methyl sites for hydroxylation is 1. The monoisotopic (exact) mass is 187 g/mol. The molecule has 0 aliphatic rings. The molecule has 0 fully saturated rings. The maximum Gasteiger partial charge on any atom is 0.250 e. The van der Waals surface area contributed by atoms with Gasteiger partial charge in [-0.05, 0) is 24.6 Å². The molecule has 4 heteroatoms. The van der Waals surface area contributed by atoms with Crippen LogP contribution >= 0.6 is 11.6 Å². The van der Waals surface area contributed by atoms with E-state index < -0.39 is 11.7 Å². The summed E-state index contributed by atoms with van der Waals surface area (Å²) in [6, 6.07) is 2.70. The molecule has 0 aliphatic carbocycles. The van der Waals surface area contributed by atoms with Crippen LogP contribution in [0.3, 0.4) is 0 Å². The van der Waals surface area contributed by atoms with Crippen LogP contribution < -0.4 is 5.73 Å². The van der Waals surface area contributed by atoms with Crippen molar-refractivity contribution in [3.05, 3.63) is 34.1 Å². The lowest BCUT2D eigenvalue weighted by molar-refractivity contribution is 0.1000. The van der Waals surface area contributed by atoms with Crippen LogP contribution in [0, 0.1) is 12.7 Å². The van der Waals surface area contributed by atoms with Crippen molar-refractivity contribution in [3.63, 3.8) is 0 Å². The van der Waals surface area contributed by atoms with Crippen LogP contribution in [0.4, 0.5) is 4.39 Å². The Morgan fingerprint density at radius 2 is 2.17 bits per heavy atom. The third kappa shape index (κ3) is 1.56. The molecule has 0 aliphatic heterocycles. The van der Waals surface area contributed by atoms with Gasteiger partial charge in [-0.3, -0.25) is 4.79 Å². The van der Waals surface area contributed by atoms with Gasteiger partial charge in [-0.2, -0.15) is 0 Å². The average Bonchev–Trinajstić information content (AvgIpc) is 1.96. The van der Waals surface area contributed by atoms with Crippen molar-refractivity contribution < 1.29 is 9.18 Å². The highest BCUT2D eigenvalue weighted by Crippen LogP contribution is 2.20. The fourth-order valence-electron chi connectivity index (χ4n) is 0.904. The van der Waals surface area contributed by atoms with Gasteiger partial charge in [0.25, 0.3) is 0 Å². The zero-order chi connectivity index (χ0) is 9.30. The van der Waals surface area contributed by atoms with Crippen LogP contribution in [0.2, 0.25) is 5.02 Å². The molecule has 0 radical (unpaired) electrons. The van der Waals surface area contributed by atoms with Crippen molar-refractivity contribution in [2.75, 3.05) is 0 Å². The molecule has 0 saturated heterocycles. The van der Waals surface area contributed by atoms with Gasteiger partial charge in [0.15, 0.2) is 0 Å². The molecular formula is C8H7ClFNO. The van der Waals surface area contributed by atoms with Crippen LogP contribution in [0.1, 0.15) is 15.9 Å². The maximum atomic E-state index is 12.9. The van der Waals surface area contributed by atoms with Gasteiger partial charge in [-0.25, -0.2) is 4.39 Å². The number of hydrogen-bond acceptors (Lipinski definition) is 1. The first kappa shape index (κ1) is 9.00. The van der Waals surface area contributed by atoms with Crippen LogP contribution in [0.5, 0.6) is 0 Å². The lowest BCUT2D eigenvalue weighted by Crippen LogP contribution is -2.12. The van der Waals surface area contributed by atoms with Gasteiger partial charge < -0.3 is 5.73 Å². The summed E-state index contributed by atoms with van der Waals surface area (Å²) in [6.07, 6.45) is 0. The molecule has 0 heterocycles. The van der Waals surface area contributed by atoms with Crippen LogP contribution in [-0.4, -0.2) is 5.91 Å². The predicted octanol–water partition coefficient (Wildman–Crippen LogP) is 1.89. The van der Waals surface area contributed by atoms with E-state index in [1.807, 2.05) is 0 Å². The van der Waals surface area contributed by atoms with Crippen LogP contribution in [0.15, 0.2) is 12.1 Å². The summed E-state index contributed by atoms with van der Waals surface area (Å²) in [5.74, 6) is -1.34.